The van der Waals surface area contributed by atoms with Crippen LogP contribution in [0, 0.1) is 11.3 Å². The molecule has 0 aliphatic carbocycles. The molecule has 0 saturated carbocycles. The molecule has 0 spiro atoms. The third-order valence-electron chi connectivity index (χ3n) is 3.62. The Morgan fingerprint density at radius 2 is 2.09 bits per heavy atom. The Morgan fingerprint density at radius 3 is 2.65 bits per heavy atom. The topological polar surface area (TPSA) is 88.4 Å². The lowest BCUT2D eigenvalue weighted by Gasteiger charge is -2.33. The zero-order valence-corrected chi connectivity index (χ0v) is 13.1. The van der Waals surface area contributed by atoms with Crippen LogP contribution in [-0.2, 0) is 19.9 Å². The second-order valence-corrected chi connectivity index (χ2v) is 5.34. The zero-order valence-electron chi connectivity index (χ0n) is 13.1. The quantitative estimate of drug-likeness (QED) is 0.837. The molecule has 2 rings (SSSR count). The molecule has 1 aliphatic heterocycles. The number of nitrogens with one attached hydrogen (secondary N) is 1. The summed E-state index contributed by atoms with van der Waals surface area (Å²) in [7, 11) is 0. The largest absolute Gasteiger partial charge is 0.482 e. The molecule has 1 aliphatic rings. The minimum absolute atomic E-state index is 0.136. The molecule has 0 saturated heterocycles. The summed E-state index contributed by atoms with van der Waals surface area (Å²) >= 11 is 0. The number of nitriles is 1. The van der Waals surface area contributed by atoms with Gasteiger partial charge in [0, 0.05) is 0 Å². The molecule has 0 radical (unpaired) electrons. The van der Waals surface area contributed by atoms with Crippen molar-refractivity contribution in [1.29, 1.82) is 5.26 Å². The predicted octanol–water partition coefficient (Wildman–Crippen LogP) is 1.81. The third-order valence-corrected chi connectivity index (χ3v) is 3.62. The average molecular weight is 314 g/mol. The first-order valence-electron chi connectivity index (χ1n) is 7.30. The Bertz CT molecular complexity index is 673. The van der Waals surface area contributed by atoms with E-state index >= 15 is 0 Å². The molecule has 23 heavy (non-hydrogen) atoms. The summed E-state index contributed by atoms with van der Waals surface area (Å²) in [4.78, 5) is 23.1. The number of carbonyl (C=O) groups excluding carboxylic acids is 2. The fourth-order valence-electron chi connectivity index (χ4n) is 2.32. The number of amides is 1. The second kappa shape index (κ2) is 6.97. The standard InChI is InChI=1S/C17H18N2O4/c1-3-22-15(20)11-23-14-6-4-13(5-7-14)17(2)9-8-12(10-18)16(21)19-17/h4-8H,3,9,11H2,1-2H3,(H,19,21). The highest BCUT2D eigenvalue weighted by Gasteiger charge is 2.32. The molecule has 120 valence electrons. The van der Waals surface area contributed by atoms with E-state index in [-0.39, 0.29) is 18.1 Å². The van der Waals surface area contributed by atoms with Crippen LogP contribution >= 0.6 is 0 Å². The van der Waals surface area contributed by atoms with Crippen molar-refractivity contribution in [2.24, 2.45) is 0 Å². The molecule has 1 aromatic carbocycles. The maximum Gasteiger partial charge on any atom is 0.344 e. The predicted molar refractivity (Wildman–Crippen MR) is 82.4 cm³/mol. The number of hydrogen-bond acceptors (Lipinski definition) is 5. The van der Waals surface area contributed by atoms with Gasteiger partial charge in [-0.15, -0.1) is 0 Å². The van der Waals surface area contributed by atoms with Gasteiger partial charge in [0.1, 0.15) is 17.4 Å². The van der Waals surface area contributed by atoms with E-state index in [1.54, 1.807) is 25.1 Å². The Balaban J connectivity index is 2.05. The van der Waals surface area contributed by atoms with Gasteiger partial charge in [0.05, 0.1) is 12.1 Å². The highest BCUT2D eigenvalue weighted by Crippen LogP contribution is 2.30. The van der Waals surface area contributed by atoms with E-state index in [0.717, 1.165) is 5.56 Å². The molecular formula is C17H18N2O4. The molecule has 6 heteroatoms. The van der Waals surface area contributed by atoms with E-state index in [1.807, 2.05) is 25.1 Å². The van der Waals surface area contributed by atoms with Crippen LogP contribution in [0.25, 0.3) is 0 Å². The summed E-state index contributed by atoms with van der Waals surface area (Å²) in [5.74, 6) is -0.248. The summed E-state index contributed by atoms with van der Waals surface area (Å²) < 4.78 is 10.1. The van der Waals surface area contributed by atoms with Gasteiger partial charge < -0.3 is 14.8 Å². The van der Waals surface area contributed by atoms with Crippen LogP contribution < -0.4 is 10.1 Å². The Labute approximate surface area is 134 Å². The van der Waals surface area contributed by atoms with Gasteiger partial charge in [0.25, 0.3) is 5.91 Å². The number of nitrogens with zero attached hydrogens (tertiary/aromatic N) is 1. The fraction of sp³-hybridized carbons (Fsp3) is 0.353. The molecule has 1 amide bonds. The van der Waals surface area contributed by atoms with E-state index in [2.05, 4.69) is 5.32 Å². The third kappa shape index (κ3) is 3.89. The minimum Gasteiger partial charge on any atom is -0.482 e. The summed E-state index contributed by atoms with van der Waals surface area (Å²) in [6.07, 6.45) is 2.18. The van der Waals surface area contributed by atoms with E-state index in [4.69, 9.17) is 14.7 Å². The van der Waals surface area contributed by atoms with Gasteiger partial charge in [0.2, 0.25) is 0 Å². The van der Waals surface area contributed by atoms with Crippen LogP contribution in [-0.4, -0.2) is 25.1 Å². The monoisotopic (exact) mass is 314 g/mol. The van der Waals surface area contributed by atoms with Crippen molar-refractivity contribution in [2.45, 2.75) is 25.8 Å². The average Bonchev–Trinajstić information content (AvgIpc) is 2.54. The number of ether oxygens (including phenoxy) is 2. The van der Waals surface area contributed by atoms with Crippen molar-refractivity contribution in [3.8, 4) is 11.8 Å². The number of benzene rings is 1. The normalized spacial score (nSPS) is 20.0. The van der Waals surface area contributed by atoms with Crippen LogP contribution in [0.4, 0.5) is 0 Å². The lowest BCUT2D eigenvalue weighted by molar-refractivity contribution is -0.145. The van der Waals surface area contributed by atoms with E-state index in [9.17, 15) is 9.59 Å². The van der Waals surface area contributed by atoms with Crippen LogP contribution in [0.5, 0.6) is 5.75 Å². The molecule has 1 N–H and O–H groups in total. The van der Waals surface area contributed by atoms with Crippen molar-refractivity contribution >= 4 is 11.9 Å². The zero-order chi connectivity index (χ0) is 16.9. The molecule has 0 fully saturated rings. The first-order chi connectivity index (χ1) is 11.0. The maximum atomic E-state index is 11.8. The van der Waals surface area contributed by atoms with Gasteiger partial charge in [-0.3, -0.25) is 4.79 Å². The maximum absolute atomic E-state index is 11.8. The van der Waals surface area contributed by atoms with Crippen molar-refractivity contribution in [3.63, 3.8) is 0 Å². The van der Waals surface area contributed by atoms with Crippen LogP contribution in [0.3, 0.4) is 0 Å². The fourth-order valence-corrected chi connectivity index (χ4v) is 2.32. The minimum atomic E-state index is -0.572. The SMILES string of the molecule is CCOC(=O)COc1ccc(C2(C)CC=C(C#N)C(=O)N2)cc1. The van der Waals surface area contributed by atoms with Crippen molar-refractivity contribution in [3.05, 3.63) is 41.5 Å². The van der Waals surface area contributed by atoms with Crippen molar-refractivity contribution in [1.82, 2.24) is 5.32 Å². The molecular weight excluding hydrogens is 296 g/mol. The van der Waals surface area contributed by atoms with Gasteiger partial charge in [0.15, 0.2) is 6.61 Å². The molecule has 1 atom stereocenters. The second-order valence-electron chi connectivity index (χ2n) is 5.34. The summed E-state index contributed by atoms with van der Waals surface area (Å²) in [6, 6.07) is 8.99. The number of rotatable bonds is 5. The molecule has 0 bridgehead atoms. The van der Waals surface area contributed by atoms with Gasteiger partial charge in [-0.1, -0.05) is 18.2 Å². The van der Waals surface area contributed by atoms with Gasteiger partial charge in [-0.25, -0.2) is 4.79 Å². The Morgan fingerprint density at radius 1 is 1.39 bits per heavy atom. The number of carbonyl (C=O) groups is 2. The first kappa shape index (κ1) is 16.6. The number of esters is 1. The van der Waals surface area contributed by atoms with Crippen LogP contribution in [0.2, 0.25) is 0 Å². The van der Waals surface area contributed by atoms with Gasteiger partial charge in [-0.05, 0) is 38.0 Å². The summed E-state index contributed by atoms with van der Waals surface area (Å²) in [5, 5.41) is 11.7. The van der Waals surface area contributed by atoms with Crippen molar-refractivity contribution in [2.75, 3.05) is 13.2 Å². The summed E-state index contributed by atoms with van der Waals surface area (Å²) in [6.45, 7) is 3.80. The number of hydrogen-bond donors (Lipinski definition) is 1. The molecule has 6 nitrogen and oxygen atoms in total. The Kier molecular flexibility index (Phi) is 5.02. The van der Waals surface area contributed by atoms with E-state index in [0.29, 0.717) is 18.8 Å². The molecule has 1 heterocycles. The van der Waals surface area contributed by atoms with Gasteiger partial charge >= 0.3 is 5.97 Å². The molecule has 1 unspecified atom stereocenters. The molecule has 1 aromatic rings. The first-order valence-corrected chi connectivity index (χ1v) is 7.30. The lowest BCUT2D eigenvalue weighted by Crippen LogP contribution is -2.46. The lowest BCUT2D eigenvalue weighted by atomic mass is 9.85. The smallest absolute Gasteiger partial charge is 0.344 e. The van der Waals surface area contributed by atoms with E-state index in [1.165, 1.54) is 0 Å². The highest BCUT2D eigenvalue weighted by molar-refractivity contribution is 5.98. The highest BCUT2D eigenvalue weighted by atomic mass is 16.6. The van der Waals surface area contributed by atoms with Crippen LogP contribution in [0.1, 0.15) is 25.8 Å². The molecule has 0 aromatic heterocycles. The Hall–Kier alpha value is -2.81. The van der Waals surface area contributed by atoms with Crippen molar-refractivity contribution < 1.29 is 19.1 Å². The summed E-state index contributed by atoms with van der Waals surface area (Å²) in [5.41, 5.74) is 0.455. The van der Waals surface area contributed by atoms with E-state index < -0.39 is 11.5 Å². The van der Waals surface area contributed by atoms with Crippen LogP contribution in [0.15, 0.2) is 35.9 Å². The van der Waals surface area contributed by atoms with Gasteiger partial charge in [-0.2, -0.15) is 5.26 Å².